The van der Waals surface area contributed by atoms with Gasteiger partial charge in [-0.1, -0.05) is 36.4 Å². The van der Waals surface area contributed by atoms with Crippen molar-refractivity contribution in [3.05, 3.63) is 87.6 Å². The molecule has 0 bridgehead atoms. The van der Waals surface area contributed by atoms with Crippen LogP contribution in [-0.4, -0.2) is 31.1 Å². The van der Waals surface area contributed by atoms with Crippen LogP contribution in [0.3, 0.4) is 0 Å². The summed E-state index contributed by atoms with van der Waals surface area (Å²) in [5.41, 5.74) is 3.15. The number of carbonyl (C=O) groups is 1. The van der Waals surface area contributed by atoms with Crippen molar-refractivity contribution in [1.82, 2.24) is 4.90 Å². The van der Waals surface area contributed by atoms with Gasteiger partial charge < -0.3 is 14.4 Å². The number of benzene rings is 2. The molecule has 0 N–H and O–H groups in total. The molecule has 1 aliphatic heterocycles. The van der Waals surface area contributed by atoms with Crippen LogP contribution in [0.2, 0.25) is 0 Å². The Hall–Kier alpha value is -3.56. The van der Waals surface area contributed by atoms with Gasteiger partial charge in [0.25, 0.3) is 0 Å². The lowest BCUT2D eigenvalue weighted by Crippen LogP contribution is -2.39. The summed E-state index contributed by atoms with van der Waals surface area (Å²) in [7, 11) is 1.55. The summed E-state index contributed by atoms with van der Waals surface area (Å²) in [5, 5.41) is 10.8. The first-order chi connectivity index (χ1) is 15.2. The molecule has 2 heterocycles. The van der Waals surface area contributed by atoms with E-state index in [-0.39, 0.29) is 18.6 Å². The largest absolute Gasteiger partial charge is 0.493 e. The van der Waals surface area contributed by atoms with Crippen molar-refractivity contribution in [3.63, 3.8) is 0 Å². The van der Waals surface area contributed by atoms with Crippen molar-refractivity contribution in [2.45, 2.75) is 12.5 Å². The van der Waals surface area contributed by atoms with E-state index in [1.165, 1.54) is 10.4 Å². The smallest absolute Gasteiger partial charge is 0.247 e. The van der Waals surface area contributed by atoms with E-state index in [1.807, 2.05) is 35.2 Å². The number of hydrogen-bond donors (Lipinski definition) is 0. The third-order valence-corrected chi connectivity index (χ3v) is 6.26. The minimum absolute atomic E-state index is 0.0329. The summed E-state index contributed by atoms with van der Waals surface area (Å²) in [5.74, 6) is 0.986. The Balaban J connectivity index is 1.57. The number of rotatable bonds is 6. The van der Waals surface area contributed by atoms with E-state index in [1.54, 1.807) is 42.7 Å². The van der Waals surface area contributed by atoms with E-state index in [9.17, 15) is 4.79 Å². The van der Waals surface area contributed by atoms with Gasteiger partial charge in [-0.25, -0.2) is 0 Å². The van der Waals surface area contributed by atoms with Gasteiger partial charge in [-0.05, 0) is 52.8 Å². The molecule has 0 radical (unpaired) electrons. The zero-order chi connectivity index (χ0) is 21.6. The Bertz CT molecular complexity index is 1130. The maximum Gasteiger partial charge on any atom is 0.247 e. The van der Waals surface area contributed by atoms with Gasteiger partial charge in [-0.3, -0.25) is 4.79 Å². The predicted molar refractivity (Wildman–Crippen MR) is 121 cm³/mol. The second-order valence-corrected chi connectivity index (χ2v) is 8.09. The topological polar surface area (TPSA) is 62.6 Å². The predicted octanol–water partition coefficient (Wildman–Crippen LogP) is 4.85. The maximum absolute atomic E-state index is 13.2. The lowest BCUT2D eigenvalue weighted by atomic mass is 9.93. The maximum atomic E-state index is 13.2. The summed E-state index contributed by atoms with van der Waals surface area (Å²) < 4.78 is 10.7. The van der Waals surface area contributed by atoms with Gasteiger partial charge in [-0.2, -0.15) is 5.26 Å². The fourth-order valence-corrected chi connectivity index (χ4v) is 4.73. The normalized spacial score (nSPS) is 15.4. The number of hydrogen-bond acceptors (Lipinski definition) is 5. The highest BCUT2D eigenvalue weighted by Gasteiger charge is 2.31. The fourth-order valence-electron chi connectivity index (χ4n) is 3.83. The van der Waals surface area contributed by atoms with E-state index in [0.717, 1.165) is 17.5 Å². The number of ether oxygens (including phenoxy) is 2. The second-order valence-electron chi connectivity index (χ2n) is 7.08. The highest BCUT2D eigenvalue weighted by Crippen LogP contribution is 2.38. The Labute approximate surface area is 185 Å². The molecule has 1 aromatic heterocycles. The number of thiophene rings is 1. The molecular weight excluding hydrogens is 408 g/mol. The molecule has 0 saturated carbocycles. The van der Waals surface area contributed by atoms with Crippen LogP contribution in [0.5, 0.6) is 11.5 Å². The monoisotopic (exact) mass is 430 g/mol. The lowest BCUT2D eigenvalue weighted by molar-refractivity contribution is -0.127. The van der Waals surface area contributed by atoms with Gasteiger partial charge in [0, 0.05) is 17.5 Å². The first-order valence-electron chi connectivity index (χ1n) is 9.99. The van der Waals surface area contributed by atoms with Crippen molar-refractivity contribution >= 4 is 23.3 Å². The van der Waals surface area contributed by atoms with Crippen LogP contribution < -0.4 is 9.47 Å². The van der Waals surface area contributed by atoms with E-state index in [2.05, 4.69) is 23.6 Å². The molecule has 6 heteroatoms. The van der Waals surface area contributed by atoms with Crippen LogP contribution in [0.4, 0.5) is 0 Å². The molecule has 0 saturated heterocycles. The molecule has 0 fully saturated rings. The molecule has 31 heavy (non-hydrogen) atoms. The molecular formula is C25H22N2O3S. The van der Waals surface area contributed by atoms with Crippen LogP contribution >= 0.6 is 11.3 Å². The molecule has 5 nitrogen and oxygen atoms in total. The first-order valence-corrected chi connectivity index (χ1v) is 10.9. The van der Waals surface area contributed by atoms with E-state index < -0.39 is 0 Å². The number of nitriles is 1. The van der Waals surface area contributed by atoms with E-state index >= 15 is 0 Å². The Morgan fingerprint density at radius 1 is 1.23 bits per heavy atom. The Kier molecular flexibility index (Phi) is 6.34. The van der Waals surface area contributed by atoms with Crippen LogP contribution in [-0.2, 0) is 11.2 Å². The zero-order valence-corrected chi connectivity index (χ0v) is 18.0. The van der Waals surface area contributed by atoms with Gasteiger partial charge in [0.2, 0.25) is 5.91 Å². The Morgan fingerprint density at radius 3 is 2.84 bits per heavy atom. The van der Waals surface area contributed by atoms with Gasteiger partial charge >= 0.3 is 0 Å². The quantitative estimate of drug-likeness (QED) is 0.525. The molecule has 2 aromatic carbocycles. The fraction of sp³-hybridized carbons (Fsp3) is 0.200. The van der Waals surface area contributed by atoms with E-state index in [4.69, 9.17) is 14.7 Å². The summed E-state index contributed by atoms with van der Waals surface area (Å²) in [6, 6.07) is 19.5. The van der Waals surface area contributed by atoms with Crippen molar-refractivity contribution in [1.29, 1.82) is 5.26 Å². The van der Waals surface area contributed by atoms with Gasteiger partial charge in [-0.15, -0.1) is 11.3 Å². The minimum Gasteiger partial charge on any atom is -0.493 e. The molecule has 0 aliphatic carbocycles. The molecule has 156 valence electrons. The van der Waals surface area contributed by atoms with Crippen molar-refractivity contribution in [3.8, 4) is 17.6 Å². The highest BCUT2D eigenvalue weighted by molar-refractivity contribution is 7.10. The first kappa shape index (κ1) is 20.7. The number of methoxy groups -OCH3 is 1. The molecule has 1 amide bonds. The molecule has 4 rings (SSSR count). The third kappa shape index (κ3) is 4.47. The SMILES string of the molecule is COc1cc(/C=C/C(=O)N2CCc3sccc3C2c2ccccc2)ccc1OCC#N. The standard InChI is InChI=1S/C25H22N2O3S/c1-29-22-17-18(7-9-21(22)30-15-13-26)8-10-24(28)27-14-11-23-20(12-16-31-23)25(27)19-5-3-2-4-6-19/h2-10,12,16-17,25H,11,14-15H2,1H3/b10-8+. The van der Waals surface area contributed by atoms with Gasteiger partial charge in [0.15, 0.2) is 18.1 Å². The Morgan fingerprint density at radius 2 is 2.06 bits per heavy atom. The van der Waals surface area contributed by atoms with Crippen molar-refractivity contribution in [2.75, 3.05) is 20.3 Å². The number of amides is 1. The number of nitrogens with zero attached hydrogens (tertiary/aromatic N) is 2. The zero-order valence-electron chi connectivity index (χ0n) is 17.2. The summed E-state index contributed by atoms with van der Waals surface area (Å²) in [6.07, 6.45) is 4.26. The average Bonchev–Trinajstić information content (AvgIpc) is 3.30. The summed E-state index contributed by atoms with van der Waals surface area (Å²) in [4.78, 5) is 16.5. The highest BCUT2D eigenvalue weighted by atomic mass is 32.1. The summed E-state index contributed by atoms with van der Waals surface area (Å²) >= 11 is 1.76. The van der Waals surface area contributed by atoms with Crippen molar-refractivity contribution in [2.24, 2.45) is 0 Å². The van der Waals surface area contributed by atoms with Gasteiger partial charge in [0.05, 0.1) is 13.2 Å². The number of carbonyl (C=O) groups excluding carboxylic acids is 1. The third-order valence-electron chi connectivity index (χ3n) is 5.26. The lowest BCUT2D eigenvalue weighted by Gasteiger charge is -2.35. The van der Waals surface area contributed by atoms with Crippen LogP contribution in [0.1, 0.15) is 27.6 Å². The molecule has 3 aromatic rings. The minimum atomic E-state index is -0.0790. The van der Waals surface area contributed by atoms with Crippen molar-refractivity contribution < 1.29 is 14.3 Å². The van der Waals surface area contributed by atoms with Crippen LogP contribution in [0.15, 0.2) is 66.1 Å². The molecule has 0 spiro atoms. The molecule has 1 atom stereocenters. The van der Waals surface area contributed by atoms with Crippen LogP contribution in [0.25, 0.3) is 6.08 Å². The second kappa shape index (κ2) is 9.50. The molecule has 1 unspecified atom stereocenters. The number of fused-ring (bicyclic) bond motifs is 1. The average molecular weight is 431 g/mol. The summed E-state index contributed by atoms with van der Waals surface area (Å²) in [6.45, 7) is 0.630. The van der Waals surface area contributed by atoms with Gasteiger partial charge in [0.1, 0.15) is 6.07 Å². The van der Waals surface area contributed by atoms with Crippen LogP contribution in [0, 0.1) is 11.3 Å². The molecule has 1 aliphatic rings. The van der Waals surface area contributed by atoms with E-state index in [0.29, 0.717) is 18.0 Å².